The molecule has 0 unspecified atom stereocenters. The first-order valence-corrected chi connectivity index (χ1v) is 7.31. The second-order valence-corrected chi connectivity index (χ2v) is 5.86. The molecule has 7 nitrogen and oxygen atoms in total. The van der Waals surface area contributed by atoms with Gasteiger partial charge in [-0.25, -0.2) is 4.79 Å². The van der Waals surface area contributed by atoms with Gasteiger partial charge in [0.2, 0.25) is 0 Å². The van der Waals surface area contributed by atoms with Crippen LogP contribution in [0.15, 0.2) is 12.2 Å². The third-order valence-electron chi connectivity index (χ3n) is 2.73. The Bertz CT molecular complexity index is 401. The molecular formula is C10H16NO6P. The van der Waals surface area contributed by atoms with Gasteiger partial charge in [-0.3, -0.25) is 9.36 Å². The molecule has 1 heterocycles. The van der Waals surface area contributed by atoms with Crippen LogP contribution in [0, 0.1) is 5.92 Å². The molecule has 1 rings (SSSR count). The van der Waals surface area contributed by atoms with E-state index in [-0.39, 0.29) is 0 Å². The molecule has 0 spiro atoms. The number of hydrogen-bond acceptors (Lipinski definition) is 4. The van der Waals surface area contributed by atoms with Gasteiger partial charge in [0.05, 0.1) is 0 Å². The average molecular weight is 277 g/mol. The molecule has 0 bridgehead atoms. The number of carboxylic acids is 1. The lowest BCUT2D eigenvalue weighted by Gasteiger charge is -2.29. The lowest BCUT2D eigenvalue weighted by molar-refractivity contribution is -0.131. The summed E-state index contributed by atoms with van der Waals surface area (Å²) in [4.78, 5) is 39.7. The molecule has 2 atom stereocenters. The minimum absolute atomic E-state index is 0.478. The number of piperidine rings is 1. The van der Waals surface area contributed by atoms with Crippen molar-refractivity contribution in [2.24, 2.45) is 5.92 Å². The maximum Gasteiger partial charge on any atom is 0.332 e. The second kappa shape index (κ2) is 6.24. The van der Waals surface area contributed by atoms with E-state index < -0.39 is 37.5 Å². The van der Waals surface area contributed by atoms with Gasteiger partial charge in [-0.2, -0.15) is 0 Å². The van der Waals surface area contributed by atoms with Gasteiger partial charge >= 0.3 is 13.6 Å². The molecule has 0 amide bonds. The molecule has 1 aliphatic heterocycles. The van der Waals surface area contributed by atoms with Gasteiger partial charge in [-0.05, 0) is 19.4 Å². The van der Waals surface area contributed by atoms with Crippen LogP contribution in [0.4, 0.5) is 0 Å². The average Bonchev–Trinajstić information content (AvgIpc) is 2.24. The van der Waals surface area contributed by atoms with Crippen molar-refractivity contribution in [2.75, 3.05) is 12.7 Å². The summed E-state index contributed by atoms with van der Waals surface area (Å²) in [6, 6.07) is -0.478. The van der Waals surface area contributed by atoms with Gasteiger partial charge in [-0.1, -0.05) is 6.08 Å². The normalized spacial score (nSPS) is 25.2. The van der Waals surface area contributed by atoms with Crippen molar-refractivity contribution in [3.63, 3.8) is 0 Å². The Balaban J connectivity index is 2.73. The topological polar surface area (TPSA) is 124 Å². The molecule has 0 aromatic heterocycles. The van der Waals surface area contributed by atoms with Gasteiger partial charge < -0.3 is 20.2 Å². The highest BCUT2D eigenvalue weighted by molar-refractivity contribution is 7.52. The van der Waals surface area contributed by atoms with E-state index in [0.29, 0.717) is 13.0 Å². The molecular weight excluding hydrogens is 261 g/mol. The van der Waals surface area contributed by atoms with E-state index in [1.54, 1.807) is 0 Å². The lowest BCUT2D eigenvalue weighted by atomic mass is 9.87. The molecule has 0 aliphatic carbocycles. The smallest absolute Gasteiger partial charge is 0.332 e. The molecule has 0 saturated carbocycles. The molecule has 0 aromatic carbocycles. The number of ketones is 1. The zero-order valence-electron chi connectivity index (χ0n) is 9.65. The summed E-state index contributed by atoms with van der Waals surface area (Å²) in [5, 5.41) is 11.5. The number of carboxylic acid groups (broad SMARTS) is 1. The monoisotopic (exact) mass is 277 g/mol. The standard InChI is InChI=1S/C10H16NO6P/c12-9(6-18(15,16)17)7-2-1-5-11-8(7)3-4-10(13)14/h3-4,7-8,11H,1-2,5-6H2,(H,13,14)(H2,15,16,17)/b4-3+/t7-,8-/m0/s1. The molecule has 4 N–H and O–H groups in total. The van der Waals surface area contributed by atoms with Crippen molar-refractivity contribution in [2.45, 2.75) is 18.9 Å². The summed E-state index contributed by atoms with van der Waals surface area (Å²) >= 11 is 0. The Kier molecular flexibility index (Phi) is 5.22. The predicted octanol–water partition coefficient (Wildman–Crippen LogP) is -0.258. The van der Waals surface area contributed by atoms with E-state index in [0.717, 1.165) is 12.5 Å². The lowest BCUT2D eigenvalue weighted by Crippen LogP contribution is -2.44. The highest BCUT2D eigenvalue weighted by atomic mass is 31.2. The van der Waals surface area contributed by atoms with Gasteiger partial charge in [0.15, 0.2) is 0 Å². The fourth-order valence-corrected chi connectivity index (χ4v) is 2.62. The van der Waals surface area contributed by atoms with Crippen LogP contribution >= 0.6 is 7.60 Å². The Morgan fingerprint density at radius 2 is 2.06 bits per heavy atom. The predicted molar refractivity (Wildman–Crippen MR) is 63.2 cm³/mol. The van der Waals surface area contributed by atoms with Crippen LogP contribution in [0.5, 0.6) is 0 Å². The van der Waals surface area contributed by atoms with Gasteiger partial charge in [0, 0.05) is 18.0 Å². The fraction of sp³-hybridized carbons (Fsp3) is 0.600. The maximum atomic E-state index is 11.8. The van der Waals surface area contributed by atoms with Crippen LogP contribution in [-0.2, 0) is 14.2 Å². The highest BCUT2D eigenvalue weighted by Crippen LogP contribution is 2.36. The molecule has 18 heavy (non-hydrogen) atoms. The third kappa shape index (κ3) is 5.10. The summed E-state index contributed by atoms with van der Waals surface area (Å²) in [5.41, 5.74) is 0. The molecule has 1 saturated heterocycles. The maximum absolute atomic E-state index is 11.8. The number of hydrogen-bond donors (Lipinski definition) is 4. The van der Waals surface area contributed by atoms with Gasteiger partial charge in [-0.15, -0.1) is 0 Å². The van der Waals surface area contributed by atoms with Crippen molar-refractivity contribution in [3.05, 3.63) is 12.2 Å². The van der Waals surface area contributed by atoms with Crippen molar-refractivity contribution in [1.82, 2.24) is 5.32 Å². The van der Waals surface area contributed by atoms with Crippen LogP contribution in [-0.4, -0.2) is 45.4 Å². The molecule has 1 aliphatic rings. The van der Waals surface area contributed by atoms with Crippen molar-refractivity contribution in [1.29, 1.82) is 0 Å². The Hall–Kier alpha value is -1.01. The number of Topliss-reactive ketones (excluding diaryl/α,β-unsaturated/α-hetero) is 1. The second-order valence-electron chi connectivity index (χ2n) is 4.22. The first-order valence-electron chi connectivity index (χ1n) is 5.51. The minimum Gasteiger partial charge on any atom is -0.478 e. The van der Waals surface area contributed by atoms with E-state index >= 15 is 0 Å². The Morgan fingerprint density at radius 3 is 2.61 bits per heavy atom. The quantitative estimate of drug-likeness (QED) is 0.403. The summed E-state index contributed by atoms with van der Waals surface area (Å²) in [7, 11) is -4.37. The summed E-state index contributed by atoms with van der Waals surface area (Å²) in [5.74, 6) is -2.24. The first-order chi connectivity index (χ1) is 8.29. The summed E-state index contributed by atoms with van der Waals surface area (Å²) in [6.45, 7) is 0.647. The van der Waals surface area contributed by atoms with Crippen LogP contribution in [0.2, 0.25) is 0 Å². The van der Waals surface area contributed by atoms with Crippen LogP contribution in [0.25, 0.3) is 0 Å². The zero-order chi connectivity index (χ0) is 13.8. The Labute approximate surface area is 104 Å². The van der Waals surface area contributed by atoms with E-state index in [4.69, 9.17) is 14.9 Å². The summed E-state index contributed by atoms with van der Waals surface area (Å²) < 4.78 is 10.8. The SMILES string of the molecule is O=C(O)/C=C/[C@@H]1NCCC[C@@H]1C(=O)CP(=O)(O)O. The fourth-order valence-electron chi connectivity index (χ4n) is 1.98. The van der Waals surface area contributed by atoms with Crippen LogP contribution in [0.1, 0.15) is 12.8 Å². The number of nitrogens with one attached hydrogen (secondary N) is 1. The molecule has 0 aromatic rings. The van der Waals surface area contributed by atoms with Crippen molar-refractivity contribution >= 4 is 19.3 Å². The molecule has 1 fully saturated rings. The highest BCUT2D eigenvalue weighted by Gasteiger charge is 2.32. The van der Waals surface area contributed by atoms with E-state index in [2.05, 4.69) is 5.32 Å². The molecule has 102 valence electrons. The van der Waals surface area contributed by atoms with E-state index in [9.17, 15) is 14.2 Å². The molecule has 8 heteroatoms. The van der Waals surface area contributed by atoms with E-state index in [1.807, 2.05) is 0 Å². The Morgan fingerprint density at radius 1 is 1.39 bits per heavy atom. The van der Waals surface area contributed by atoms with Crippen molar-refractivity contribution < 1.29 is 29.0 Å². The van der Waals surface area contributed by atoms with Crippen molar-refractivity contribution in [3.8, 4) is 0 Å². The van der Waals surface area contributed by atoms with Crippen LogP contribution < -0.4 is 5.32 Å². The largest absolute Gasteiger partial charge is 0.478 e. The number of carbonyl (C=O) groups is 2. The first kappa shape index (κ1) is 15.0. The van der Waals surface area contributed by atoms with Gasteiger partial charge in [0.25, 0.3) is 0 Å². The number of carbonyl (C=O) groups excluding carboxylic acids is 1. The molecule has 0 radical (unpaired) electrons. The zero-order valence-corrected chi connectivity index (χ0v) is 10.5. The number of rotatable bonds is 5. The van der Waals surface area contributed by atoms with Gasteiger partial charge in [0.1, 0.15) is 11.9 Å². The van der Waals surface area contributed by atoms with E-state index in [1.165, 1.54) is 6.08 Å². The number of aliphatic carboxylic acids is 1. The minimum atomic E-state index is -4.37. The third-order valence-corrected chi connectivity index (χ3v) is 3.45. The summed E-state index contributed by atoms with van der Waals surface area (Å²) in [6.07, 6.45) is 2.71. The van der Waals surface area contributed by atoms with Crippen LogP contribution in [0.3, 0.4) is 0 Å².